The molecule has 0 spiro atoms. The van der Waals surface area contributed by atoms with E-state index >= 15 is 0 Å². The molecule has 2 unspecified atom stereocenters. The summed E-state index contributed by atoms with van der Waals surface area (Å²) in [5.41, 5.74) is 4.90. The largest absolute Gasteiger partial charge is 0.481 e. The van der Waals surface area contributed by atoms with Gasteiger partial charge in [0.1, 0.15) is 11.8 Å². The fourth-order valence-electron chi connectivity index (χ4n) is 2.08. The molecule has 0 saturated carbocycles. The van der Waals surface area contributed by atoms with Crippen molar-refractivity contribution in [2.24, 2.45) is 0 Å². The summed E-state index contributed by atoms with van der Waals surface area (Å²) in [7, 11) is 0. The second-order valence-corrected chi connectivity index (χ2v) is 7.25. The van der Waals surface area contributed by atoms with Crippen LogP contribution in [0.2, 0.25) is 5.02 Å². The number of hydrogen-bond acceptors (Lipinski definition) is 4. The normalized spacial score (nSPS) is 12.4. The Bertz CT molecular complexity index is 861. The van der Waals surface area contributed by atoms with Crippen molar-refractivity contribution in [1.82, 2.24) is 16.2 Å². The predicted octanol–water partition coefficient (Wildman–Crippen LogP) is 2.84. The van der Waals surface area contributed by atoms with Gasteiger partial charge in [0, 0.05) is 15.1 Å². The van der Waals surface area contributed by atoms with Gasteiger partial charge in [-0.25, -0.2) is 0 Å². The molecular formula is C19H19BrClN3O4. The van der Waals surface area contributed by atoms with Gasteiger partial charge in [-0.3, -0.25) is 25.2 Å². The molecule has 0 aliphatic heterocycles. The maximum atomic E-state index is 12.1. The number of amides is 3. The Morgan fingerprint density at radius 1 is 1.00 bits per heavy atom. The number of ether oxygens (including phenoxy) is 1. The van der Waals surface area contributed by atoms with Crippen molar-refractivity contribution < 1.29 is 19.1 Å². The molecule has 0 aliphatic carbocycles. The van der Waals surface area contributed by atoms with Crippen molar-refractivity contribution >= 4 is 45.3 Å². The summed E-state index contributed by atoms with van der Waals surface area (Å²) in [6.07, 6.45) is -0.839. The Morgan fingerprint density at radius 3 is 2.29 bits per heavy atom. The van der Waals surface area contributed by atoms with Crippen LogP contribution in [0.5, 0.6) is 5.75 Å². The SMILES string of the molecule is CC(NC(=O)c1ccc(Cl)cc1)C(=O)NNC(=O)C(C)Oc1cccc(Br)c1. The summed E-state index contributed by atoms with van der Waals surface area (Å²) in [4.78, 5) is 36.3. The number of benzene rings is 2. The van der Waals surface area contributed by atoms with Gasteiger partial charge in [-0.1, -0.05) is 33.6 Å². The molecule has 3 amide bonds. The second-order valence-electron chi connectivity index (χ2n) is 5.90. The third-order valence-electron chi connectivity index (χ3n) is 3.63. The molecule has 9 heteroatoms. The first-order chi connectivity index (χ1) is 13.3. The van der Waals surface area contributed by atoms with E-state index in [4.69, 9.17) is 16.3 Å². The first-order valence-electron chi connectivity index (χ1n) is 8.34. The molecule has 3 N–H and O–H groups in total. The van der Waals surface area contributed by atoms with Gasteiger partial charge in [0.2, 0.25) is 0 Å². The van der Waals surface area contributed by atoms with Gasteiger partial charge in [-0.2, -0.15) is 0 Å². The number of hydrogen-bond donors (Lipinski definition) is 3. The lowest BCUT2D eigenvalue weighted by molar-refractivity contribution is -0.133. The van der Waals surface area contributed by atoms with Crippen molar-refractivity contribution in [2.45, 2.75) is 26.0 Å². The summed E-state index contributed by atoms with van der Waals surface area (Å²) in [5, 5.41) is 3.04. The van der Waals surface area contributed by atoms with Crippen molar-refractivity contribution in [2.75, 3.05) is 0 Å². The highest BCUT2D eigenvalue weighted by atomic mass is 79.9. The fourth-order valence-corrected chi connectivity index (χ4v) is 2.58. The molecule has 2 aromatic carbocycles. The third kappa shape index (κ3) is 6.54. The van der Waals surface area contributed by atoms with Crippen LogP contribution >= 0.6 is 27.5 Å². The molecule has 2 rings (SSSR count). The van der Waals surface area contributed by atoms with Gasteiger partial charge in [0.05, 0.1) is 0 Å². The fraction of sp³-hybridized carbons (Fsp3) is 0.211. The molecule has 148 valence electrons. The molecule has 2 atom stereocenters. The van der Waals surface area contributed by atoms with E-state index in [2.05, 4.69) is 32.1 Å². The van der Waals surface area contributed by atoms with E-state index in [0.29, 0.717) is 16.3 Å². The van der Waals surface area contributed by atoms with Crippen molar-refractivity contribution in [3.63, 3.8) is 0 Å². The second kappa shape index (κ2) is 10.1. The zero-order chi connectivity index (χ0) is 20.7. The van der Waals surface area contributed by atoms with Gasteiger partial charge in [0.25, 0.3) is 17.7 Å². The average Bonchev–Trinajstić information content (AvgIpc) is 2.66. The molecule has 0 bridgehead atoms. The van der Waals surface area contributed by atoms with Crippen molar-refractivity contribution in [1.29, 1.82) is 0 Å². The van der Waals surface area contributed by atoms with Crippen LogP contribution in [0.4, 0.5) is 0 Å². The molecule has 7 nitrogen and oxygen atoms in total. The first kappa shape index (κ1) is 21.7. The molecule has 28 heavy (non-hydrogen) atoms. The number of rotatable bonds is 6. The summed E-state index contributed by atoms with van der Waals surface area (Å²) in [6.45, 7) is 3.05. The molecule has 0 aromatic heterocycles. The van der Waals surface area contributed by atoms with Gasteiger partial charge in [-0.15, -0.1) is 0 Å². The Hall–Kier alpha value is -2.58. The number of nitrogens with one attached hydrogen (secondary N) is 3. The summed E-state index contributed by atoms with van der Waals surface area (Å²) in [5.74, 6) is -1.04. The predicted molar refractivity (Wildman–Crippen MR) is 109 cm³/mol. The molecular weight excluding hydrogens is 450 g/mol. The van der Waals surface area contributed by atoms with Crippen LogP contribution in [0.25, 0.3) is 0 Å². The number of carbonyl (C=O) groups is 3. The zero-order valence-electron chi connectivity index (χ0n) is 15.2. The maximum Gasteiger partial charge on any atom is 0.279 e. The van der Waals surface area contributed by atoms with E-state index in [1.54, 1.807) is 49.4 Å². The summed E-state index contributed by atoms with van der Waals surface area (Å²) < 4.78 is 6.32. The van der Waals surface area contributed by atoms with E-state index < -0.39 is 29.9 Å². The molecule has 0 heterocycles. The summed E-state index contributed by atoms with van der Waals surface area (Å²) >= 11 is 9.10. The van der Waals surface area contributed by atoms with Crippen LogP contribution in [-0.2, 0) is 9.59 Å². The Kier molecular flexibility index (Phi) is 7.83. The molecule has 2 aromatic rings. The number of halogens is 2. The highest BCUT2D eigenvalue weighted by Gasteiger charge is 2.19. The van der Waals surface area contributed by atoms with E-state index in [9.17, 15) is 14.4 Å². The molecule has 0 fully saturated rings. The van der Waals surface area contributed by atoms with E-state index in [-0.39, 0.29) is 0 Å². The third-order valence-corrected chi connectivity index (χ3v) is 4.38. The zero-order valence-corrected chi connectivity index (χ0v) is 17.5. The first-order valence-corrected chi connectivity index (χ1v) is 9.51. The minimum absolute atomic E-state index is 0.365. The monoisotopic (exact) mass is 467 g/mol. The quantitative estimate of drug-likeness (QED) is 0.568. The Labute approximate surface area is 175 Å². The van der Waals surface area contributed by atoms with Crippen LogP contribution in [0.15, 0.2) is 53.0 Å². The van der Waals surface area contributed by atoms with Crippen LogP contribution in [0.1, 0.15) is 24.2 Å². The van der Waals surface area contributed by atoms with E-state index in [0.717, 1.165) is 4.47 Å². The van der Waals surface area contributed by atoms with Gasteiger partial charge in [-0.05, 0) is 56.3 Å². The van der Waals surface area contributed by atoms with Crippen LogP contribution in [0.3, 0.4) is 0 Å². The van der Waals surface area contributed by atoms with Crippen molar-refractivity contribution in [3.05, 3.63) is 63.6 Å². The van der Waals surface area contributed by atoms with E-state index in [1.165, 1.54) is 6.92 Å². The smallest absolute Gasteiger partial charge is 0.279 e. The minimum atomic E-state index is -0.871. The van der Waals surface area contributed by atoms with Crippen molar-refractivity contribution in [3.8, 4) is 5.75 Å². The summed E-state index contributed by atoms with van der Waals surface area (Å²) in [6, 6.07) is 12.4. The van der Waals surface area contributed by atoms with E-state index in [1.807, 2.05) is 6.07 Å². The topological polar surface area (TPSA) is 96.5 Å². The maximum absolute atomic E-state index is 12.1. The highest BCUT2D eigenvalue weighted by molar-refractivity contribution is 9.10. The van der Waals surface area contributed by atoms with Crippen LogP contribution in [0, 0.1) is 0 Å². The van der Waals surface area contributed by atoms with Crippen LogP contribution < -0.4 is 20.9 Å². The Morgan fingerprint density at radius 2 is 1.64 bits per heavy atom. The standard InChI is InChI=1S/C19H19BrClN3O4/c1-11(22-19(27)13-6-8-15(21)9-7-13)17(25)23-24-18(26)12(2)28-16-5-3-4-14(20)10-16/h3-12H,1-2H3,(H,22,27)(H,23,25)(H,24,26). The van der Waals surface area contributed by atoms with Gasteiger partial charge >= 0.3 is 0 Å². The highest BCUT2D eigenvalue weighted by Crippen LogP contribution is 2.18. The minimum Gasteiger partial charge on any atom is -0.481 e. The average molecular weight is 469 g/mol. The molecule has 0 saturated heterocycles. The number of carbonyl (C=O) groups excluding carboxylic acids is 3. The van der Waals surface area contributed by atoms with Crippen LogP contribution in [-0.4, -0.2) is 29.9 Å². The number of hydrazine groups is 1. The van der Waals surface area contributed by atoms with Gasteiger partial charge in [0.15, 0.2) is 6.10 Å². The van der Waals surface area contributed by atoms with Gasteiger partial charge < -0.3 is 10.1 Å². The molecule has 0 aliphatic rings. The lowest BCUT2D eigenvalue weighted by atomic mass is 10.2. The Balaban J connectivity index is 1.80. The lowest BCUT2D eigenvalue weighted by Gasteiger charge is -2.17. The molecule has 0 radical (unpaired) electrons. The lowest BCUT2D eigenvalue weighted by Crippen LogP contribution is -2.53.